The van der Waals surface area contributed by atoms with Crippen LogP contribution in [0.2, 0.25) is 0 Å². The minimum absolute atomic E-state index is 0.0227. The van der Waals surface area contributed by atoms with E-state index >= 15 is 0 Å². The van der Waals surface area contributed by atoms with Crippen LogP contribution >= 0.6 is 11.8 Å². The number of carbonyl (C=O) groups excluding carboxylic acids is 1. The molecule has 198 valence electrons. The molecule has 0 bridgehead atoms. The molecule has 1 aromatic carbocycles. The molecule has 0 spiro atoms. The van der Waals surface area contributed by atoms with Crippen molar-refractivity contribution in [3.8, 4) is 11.5 Å². The molecule has 0 radical (unpaired) electrons. The molecule has 3 rings (SSSR count). The number of nitrogens with two attached hydrogens (primary N) is 2. The van der Waals surface area contributed by atoms with Crippen LogP contribution in [0, 0.1) is 5.41 Å². The summed E-state index contributed by atoms with van der Waals surface area (Å²) in [5.74, 6) is 1.77. The number of hydrogen-bond donors (Lipinski definition) is 4. The van der Waals surface area contributed by atoms with E-state index in [1.807, 2.05) is 50.2 Å². The zero-order chi connectivity index (χ0) is 26.7. The van der Waals surface area contributed by atoms with E-state index in [2.05, 4.69) is 0 Å². The number of rotatable bonds is 12. The predicted octanol–water partition coefficient (Wildman–Crippen LogP) is 4.09. The van der Waals surface area contributed by atoms with Crippen LogP contribution in [0.15, 0.2) is 50.1 Å². The fourth-order valence-electron chi connectivity index (χ4n) is 4.02. The molecule has 8 nitrogen and oxygen atoms in total. The molecule has 0 saturated carbocycles. The first-order chi connectivity index (χ1) is 16.7. The Morgan fingerprint density at radius 2 is 1.78 bits per heavy atom. The molecule has 0 fully saturated rings. The molecule has 2 atom stereocenters. The summed E-state index contributed by atoms with van der Waals surface area (Å²) in [4.78, 5) is 13.9. The number of carbonyl (C=O) groups is 1. The van der Waals surface area contributed by atoms with Crippen LogP contribution in [0.5, 0.6) is 0 Å². The van der Waals surface area contributed by atoms with Crippen LogP contribution in [0.4, 0.5) is 0 Å². The maximum atomic E-state index is 13.0. The molecule has 0 aliphatic carbocycles. The summed E-state index contributed by atoms with van der Waals surface area (Å²) in [6, 6.07) is 11.3. The lowest BCUT2D eigenvalue weighted by Crippen LogP contribution is -2.58. The monoisotopic (exact) mass is 518 g/mol. The van der Waals surface area contributed by atoms with E-state index in [0.29, 0.717) is 41.5 Å². The summed E-state index contributed by atoms with van der Waals surface area (Å²) in [7, 11) is 0. The van der Waals surface area contributed by atoms with Gasteiger partial charge in [-0.15, -0.1) is 11.8 Å². The number of furan rings is 2. The average Bonchev–Trinajstić information content (AvgIpc) is 3.40. The van der Waals surface area contributed by atoms with Gasteiger partial charge >= 0.3 is 5.97 Å². The summed E-state index contributed by atoms with van der Waals surface area (Å²) >= 11 is 1.44. The Hall–Kier alpha value is -2.30. The highest BCUT2D eigenvalue weighted by molar-refractivity contribution is 7.99. The van der Waals surface area contributed by atoms with Crippen LogP contribution in [-0.4, -0.2) is 52.3 Å². The number of ether oxygens (including phenoxy) is 1. The summed E-state index contributed by atoms with van der Waals surface area (Å²) in [5, 5.41) is 20.5. The SMILES string of the molecule is CC(C)(N)CC(C)(C(=O)OCC(O)CSc1ccc2cc(-c3ccc(CCO)o3)oc2c1)C(C)(C)N. The molecule has 0 amide bonds. The Morgan fingerprint density at radius 3 is 2.42 bits per heavy atom. The Kier molecular flexibility index (Phi) is 8.63. The highest BCUT2D eigenvalue weighted by Crippen LogP contribution is 2.38. The van der Waals surface area contributed by atoms with Gasteiger partial charge in [0.25, 0.3) is 0 Å². The molecule has 2 aromatic heterocycles. The van der Waals surface area contributed by atoms with Gasteiger partial charge in [0.1, 0.15) is 18.0 Å². The number of esters is 1. The Balaban J connectivity index is 1.59. The summed E-state index contributed by atoms with van der Waals surface area (Å²) in [6.45, 7) is 8.90. The summed E-state index contributed by atoms with van der Waals surface area (Å²) in [6.07, 6.45) is -0.0581. The van der Waals surface area contributed by atoms with E-state index in [1.165, 1.54) is 11.8 Å². The van der Waals surface area contributed by atoms with Gasteiger partial charge in [-0.05, 0) is 77.4 Å². The van der Waals surface area contributed by atoms with E-state index in [-0.39, 0.29) is 13.2 Å². The minimum Gasteiger partial charge on any atom is -0.462 e. The van der Waals surface area contributed by atoms with Gasteiger partial charge in [0.15, 0.2) is 11.5 Å². The number of aliphatic hydroxyl groups excluding tert-OH is 2. The molecule has 9 heteroatoms. The van der Waals surface area contributed by atoms with Crippen molar-refractivity contribution in [2.24, 2.45) is 16.9 Å². The van der Waals surface area contributed by atoms with E-state index in [0.717, 1.165) is 10.3 Å². The van der Waals surface area contributed by atoms with Crippen LogP contribution < -0.4 is 11.5 Å². The lowest BCUT2D eigenvalue weighted by Gasteiger charge is -2.43. The molecule has 2 unspecified atom stereocenters. The quantitative estimate of drug-likeness (QED) is 0.206. The van der Waals surface area contributed by atoms with Gasteiger partial charge in [-0.25, -0.2) is 0 Å². The molecule has 36 heavy (non-hydrogen) atoms. The number of benzene rings is 1. The first-order valence-corrected chi connectivity index (χ1v) is 13.0. The summed E-state index contributed by atoms with van der Waals surface area (Å²) in [5.41, 5.74) is 10.7. The maximum Gasteiger partial charge on any atom is 0.313 e. The largest absolute Gasteiger partial charge is 0.462 e. The second-order valence-corrected chi connectivity index (χ2v) is 11.9. The molecule has 0 aliphatic rings. The van der Waals surface area contributed by atoms with Gasteiger partial charge in [0, 0.05) is 33.5 Å². The van der Waals surface area contributed by atoms with E-state index in [4.69, 9.17) is 30.1 Å². The average molecular weight is 519 g/mol. The minimum atomic E-state index is -1.01. The third-order valence-corrected chi connectivity index (χ3v) is 7.42. The van der Waals surface area contributed by atoms with Gasteiger partial charge < -0.3 is 35.3 Å². The fourth-order valence-corrected chi connectivity index (χ4v) is 4.86. The molecule has 0 saturated heterocycles. The van der Waals surface area contributed by atoms with Crippen molar-refractivity contribution < 1.29 is 28.6 Å². The lowest BCUT2D eigenvalue weighted by atomic mass is 9.67. The first-order valence-electron chi connectivity index (χ1n) is 12.0. The van der Waals surface area contributed by atoms with Crippen LogP contribution in [-0.2, 0) is 16.0 Å². The molecule has 0 aliphatic heterocycles. The van der Waals surface area contributed by atoms with Crippen LogP contribution in [0.25, 0.3) is 22.5 Å². The highest BCUT2D eigenvalue weighted by atomic mass is 32.2. The van der Waals surface area contributed by atoms with Crippen LogP contribution in [0.1, 0.15) is 46.8 Å². The normalized spacial score (nSPS) is 15.1. The van der Waals surface area contributed by atoms with Gasteiger partial charge in [-0.3, -0.25) is 4.79 Å². The highest BCUT2D eigenvalue weighted by Gasteiger charge is 2.48. The van der Waals surface area contributed by atoms with Gasteiger partial charge in [-0.2, -0.15) is 0 Å². The number of hydrogen-bond acceptors (Lipinski definition) is 9. The Bertz CT molecular complexity index is 1170. The van der Waals surface area contributed by atoms with E-state index in [1.54, 1.807) is 20.8 Å². The third kappa shape index (κ3) is 6.92. The van der Waals surface area contributed by atoms with Crippen molar-refractivity contribution in [3.63, 3.8) is 0 Å². The van der Waals surface area contributed by atoms with Gasteiger partial charge in [-0.1, -0.05) is 0 Å². The molecular formula is C27H38N2O6S. The zero-order valence-electron chi connectivity index (χ0n) is 21.7. The Labute approximate surface area is 216 Å². The molecule has 6 N–H and O–H groups in total. The van der Waals surface area contributed by atoms with Crippen molar-refractivity contribution in [1.82, 2.24) is 0 Å². The molecule has 2 heterocycles. The zero-order valence-corrected chi connectivity index (χ0v) is 22.5. The number of aliphatic hydroxyl groups is 2. The molecular weight excluding hydrogens is 480 g/mol. The van der Waals surface area contributed by atoms with Crippen molar-refractivity contribution >= 4 is 28.7 Å². The second kappa shape index (κ2) is 11.0. The first kappa shape index (κ1) is 28.3. The lowest BCUT2D eigenvalue weighted by molar-refractivity contribution is -0.162. The van der Waals surface area contributed by atoms with Gasteiger partial charge in [0.2, 0.25) is 0 Å². The number of thioether (sulfide) groups is 1. The maximum absolute atomic E-state index is 13.0. The second-order valence-electron chi connectivity index (χ2n) is 10.8. The van der Waals surface area contributed by atoms with E-state index in [9.17, 15) is 9.90 Å². The smallest absolute Gasteiger partial charge is 0.313 e. The van der Waals surface area contributed by atoms with Crippen molar-refractivity contribution in [2.75, 3.05) is 19.0 Å². The molecule has 3 aromatic rings. The van der Waals surface area contributed by atoms with E-state index < -0.39 is 28.6 Å². The van der Waals surface area contributed by atoms with Crippen molar-refractivity contribution in [1.29, 1.82) is 0 Å². The predicted molar refractivity (Wildman–Crippen MR) is 142 cm³/mol. The van der Waals surface area contributed by atoms with Crippen LogP contribution in [0.3, 0.4) is 0 Å². The summed E-state index contributed by atoms with van der Waals surface area (Å²) < 4.78 is 17.2. The number of fused-ring (bicyclic) bond motifs is 1. The fraction of sp³-hybridized carbons (Fsp3) is 0.519. The third-order valence-electron chi connectivity index (χ3n) is 6.29. The topological polar surface area (TPSA) is 145 Å². The van der Waals surface area contributed by atoms with Gasteiger partial charge in [0.05, 0.1) is 18.1 Å². The van der Waals surface area contributed by atoms with Crippen molar-refractivity contribution in [2.45, 2.75) is 69.5 Å². The standard InChI is InChI=1S/C27H38N2O6S/c1-25(2,28)16-27(5,26(3,4)29)24(32)33-14-18(31)15-36-20-8-6-17-12-23(35-22(17)13-20)21-9-7-19(34-21)10-11-30/h6-9,12-13,18,30-31H,10-11,14-16,28-29H2,1-5H3. The van der Waals surface area contributed by atoms with Crippen molar-refractivity contribution in [3.05, 3.63) is 42.2 Å². The Morgan fingerprint density at radius 1 is 1.06 bits per heavy atom.